The van der Waals surface area contributed by atoms with E-state index in [1.807, 2.05) is 0 Å². The van der Waals surface area contributed by atoms with Crippen molar-refractivity contribution in [3.05, 3.63) is 0 Å². The molecule has 0 saturated heterocycles. The van der Waals surface area contributed by atoms with E-state index in [1.165, 1.54) is 250 Å². The van der Waals surface area contributed by atoms with Crippen LogP contribution in [0.2, 0.25) is 0 Å². The Labute approximate surface area is 619 Å². The zero-order chi connectivity index (χ0) is 74.2. The molecule has 3 unspecified atom stereocenters. The Morgan fingerprint density at radius 3 is 0.752 bits per heavy atom. The summed E-state index contributed by atoms with van der Waals surface area (Å²) in [6, 6.07) is 0. The first-order chi connectivity index (χ1) is 48.9. The fourth-order valence-electron chi connectivity index (χ4n) is 12.7. The third kappa shape index (κ3) is 74.7. The van der Waals surface area contributed by atoms with Crippen LogP contribution in [0.5, 0.6) is 0 Å². The molecule has 0 rings (SSSR count). The number of aliphatic hydroxyl groups excluding tert-OH is 1. The smallest absolute Gasteiger partial charge is 0.462 e. The molecule has 3 N–H and O–H groups in total. The van der Waals surface area contributed by atoms with Gasteiger partial charge in [0.05, 0.1) is 26.4 Å². The lowest BCUT2D eigenvalue weighted by Gasteiger charge is -2.21. The first-order valence-corrected chi connectivity index (χ1v) is 45.5. The van der Waals surface area contributed by atoms with Gasteiger partial charge in [0.15, 0.2) is 12.2 Å². The van der Waals surface area contributed by atoms with Crippen molar-refractivity contribution in [2.75, 3.05) is 39.6 Å². The van der Waals surface area contributed by atoms with Crippen LogP contribution in [0.4, 0.5) is 0 Å². The highest BCUT2D eigenvalue weighted by molar-refractivity contribution is 7.47. The largest absolute Gasteiger partial charge is 0.472 e. The topological polar surface area (TPSA) is 237 Å². The molecular weight excluding hydrogens is 1320 g/mol. The number of phosphoric acid groups is 2. The monoisotopic (exact) mass is 1480 g/mol. The molecule has 0 bridgehead atoms. The van der Waals surface area contributed by atoms with Crippen LogP contribution in [-0.2, 0) is 65.4 Å². The highest BCUT2D eigenvalue weighted by atomic mass is 31.2. The number of hydrogen-bond acceptors (Lipinski definition) is 15. The summed E-state index contributed by atoms with van der Waals surface area (Å²) in [5.41, 5.74) is 0. The zero-order valence-corrected chi connectivity index (χ0v) is 68.0. The lowest BCUT2D eigenvalue weighted by molar-refractivity contribution is -0.161. The number of aliphatic hydroxyl groups is 1. The fraction of sp³-hybridized carbons (Fsp3) is 0.951. The summed E-state index contributed by atoms with van der Waals surface area (Å²) in [5, 5.41) is 10.7. The molecule has 0 radical (unpaired) electrons. The maximum atomic E-state index is 13.1. The summed E-state index contributed by atoms with van der Waals surface area (Å²) < 4.78 is 68.8. The van der Waals surface area contributed by atoms with E-state index in [4.69, 9.17) is 37.0 Å². The second-order valence-corrected chi connectivity index (χ2v) is 33.1. The molecule has 0 aliphatic rings. The minimum Gasteiger partial charge on any atom is -0.462 e. The number of ether oxygens (including phenoxy) is 4. The average Bonchev–Trinajstić information content (AvgIpc) is 0.950. The van der Waals surface area contributed by atoms with Crippen molar-refractivity contribution in [2.24, 2.45) is 11.8 Å². The SMILES string of the molecule is CCCCCCCCCCCCCCCCCCCC(=O)OC[C@H](COP(=O)(O)OC[C@@H](O)COP(=O)(O)OC[C@@H](COC(=O)CCCCCCCCCCCCCCC)OC(=O)CCCCCCCCCCCCC(C)CC)OC(=O)CCCCCCCCCCCCCCCCC(C)C. The predicted octanol–water partition coefficient (Wildman–Crippen LogP) is 24.7. The molecule has 600 valence electrons. The third-order valence-electron chi connectivity index (χ3n) is 19.6. The molecule has 0 saturated carbocycles. The van der Waals surface area contributed by atoms with Gasteiger partial charge >= 0.3 is 39.5 Å². The van der Waals surface area contributed by atoms with Crippen LogP contribution in [0.3, 0.4) is 0 Å². The molecule has 17 nitrogen and oxygen atoms in total. The van der Waals surface area contributed by atoms with Gasteiger partial charge in [-0.2, -0.15) is 0 Å². The lowest BCUT2D eigenvalue weighted by Crippen LogP contribution is -2.30. The van der Waals surface area contributed by atoms with Gasteiger partial charge in [0.1, 0.15) is 19.3 Å². The summed E-state index contributed by atoms with van der Waals surface area (Å²) in [7, 11) is -9.92. The highest BCUT2D eigenvalue weighted by Gasteiger charge is 2.30. The number of hydrogen-bond donors (Lipinski definition) is 3. The molecule has 0 aromatic heterocycles. The van der Waals surface area contributed by atoms with Crippen LogP contribution in [-0.4, -0.2) is 96.7 Å². The van der Waals surface area contributed by atoms with Crippen molar-refractivity contribution < 1.29 is 80.2 Å². The van der Waals surface area contributed by atoms with E-state index in [1.54, 1.807) is 0 Å². The Morgan fingerprint density at radius 1 is 0.287 bits per heavy atom. The van der Waals surface area contributed by atoms with E-state index in [9.17, 15) is 43.2 Å². The normalized spacial score (nSPS) is 14.2. The molecule has 6 atom stereocenters. The molecule has 0 heterocycles. The number of carbonyl (C=O) groups is 4. The zero-order valence-electron chi connectivity index (χ0n) is 66.2. The van der Waals surface area contributed by atoms with Crippen molar-refractivity contribution >= 4 is 39.5 Å². The molecule has 0 aromatic carbocycles. The van der Waals surface area contributed by atoms with Crippen molar-refractivity contribution in [2.45, 2.75) is 452 Å². The molecule has 0 aliphatic carbocycles. The Balaban J connectivity index is 5.27. The van der Waals surface area contributed by atoms with E-state index in [-0.39, 0.29) is 25.7 Å². The first kappa shape index (κ1) is 99.1. The third-order valence-corrected chi connectivity index (χ3v) is 21.5. The summed E-state index contributed by atoms with van der Waals surface area (Å²) in [6.45, 7) is 9.70. The first-order valence-electron chi connectivity index (χ1n) is 42.5. The highest BCUT2D eigenvalue weighted by Crippen LogP contribution is 2.45. The number of unbranched alkanes of at least 4 members (excludes halogenated alkanes) is 50. The molecule has 101 heavy (non-hydrogen) atoms. The number of esters is 4. The van der Waals surface area contributed by atoms with Gasteiger partial charge < -0.3 is 33.8 Å². The number of phosphoric ester groups is 2. The Hall–Kier alpha value is -1.94. The van der Waals surface area contributed by atoms with E-state index < -0.39 is 97.5 Å². The molecule has 19 heteroatoms. The van der Waals surface area contributed by atoms with Gasteiger partial charge in [-0.25, -0.2) is 9.13 Å². The van der Waals surface area contributed by atoms with E-state index >= 15 is 0 Å². The molecule has 0 fully saturated rings. The Morgan fingerprint density at radius 2 is 0.505 bits per heavy atom. The minimum atomic E-state index is -4.96. The van der Waals surface area contributed by atoms with Crippen LogP contribution < -0.4 is 0 Å². The Kier molecular flexibility index (Phi) is 72.2. The van der Waals surface area contributed by atoms with Gasteiger partial charge in [-0.05, 0) is 37.5 Å². The van der Waals surface area contributed by atoms with Crippen molar-refractivity contribution in [3.8, 4) is 0 Å². The van der Waals surface area contributed by atoms with Gasteiger partial charge in [0.25, 0.3) is 0 Å². The second kappa shape index (κ2) is 73.6. The summed E-state index contributed by atoms with van der Waals surface area (Å²) in [4.78, 5) is 73.1. The molecule has 0 aliphatic heterocycles. The number of rotatable bonds is 81. The Bertz CT molecular complexity index is 1940. The van der Waals surface area contributed by atoms with Gasteiger partial charge in [0, 0.05) is 25.7 Å². The predicted molar refractivity (Wildman–Crippen MR) is 414 cm³/mol. The summed E-state index contributed by atoms with van der Waals surface area (Å²) >= 11 is 0. The van der Waals surface area contributed by atoms with Crippen LogP contribution in [0.15, 0.2) is 0 Å². The van der Waals surface area contributed by atoms with Crippen molar-refractivity contribution in [3.63, 3.8) is 0 Å². The minimum absolute atomic E-state index is 0.107. The van der Waals surface area contributed by atoms with Crippen LogP contribution >= 0.6 is 15.6 Å². The van der Waals surface area contributed by atoms with Crippen LogP contribution in [0.25, 0.3) is 0 Å². The molecule has 0 spiro atoms. The maximum absolute atomic E-state index is 13.1. The van der Waals surface area contributed by atoms with Gasteiger partial charge in [-0.15, -0.1) is 0 Å². The molecule has 0 aromatic rings. The summed E-state index contributed by atoms with van der Waals surface area (Å²) in [5.74, 6) is -0.507. The maximum Gasteiger partial charge on any atom is 0.472 e. The fourth-order valence-corrected chi connectivity index (χ4v) is 14.3. The van der Waals surface area contributed by atoms with Crippen LogP contribution in [0, 0.1) is 11.8 Å². The van der Waals surface area contributed by atoms with Crippen molar-refractivity contribution in [1.82, 2.24) is 0 Å². The molecular formula is C82H160O17P2. The van der Waals surface area contributed by atoms with Gasteiger partial charge in [-0.3, -0.25) is 37.3 Å². The van der Waals surface area contributed by atoms with Crippen molar-refractivity contribution in [1.29, 1.82) is 0 Å². The quantitative estimate of drug-likeness (QED) is 0.0222. The van der Waals surface area contributed by atoms with E-state index in [0.29, 0.717) is 25.7 Å². The second-order valence-electron chi connectivity index (χ2n) is 30.2. The van der Waals surface area contributed by atoms with E-state index in [0.717, 1.165) is 102 Å². The van der Waals surface area contributed by atoms with Gasteiger partial charge in [0.2, 0.25) is 0 Å². The van der Waals surface area contributed by atoms with Gasteiger partial charge in [-0.1, -0.05) is 382 Å². The average molecular weight is 1480 g/mol. The molecule has 0 amide bonds. The van der Waals surface area contributed by atoms with E-state index in [2.05, 4.69) is 41.5 Å². The number of carbonyl (C=O) groups excluding carboxylic acids is 4. The standard InChI is InChI=1S/C82H160O17P2/c1-7-10-12-14-16-18-20-22-23-24-25-30-34-41-47-53-59-65-80(85)93-70-77(98-81(86)66-60-54-48-42-35-31-27-26-29-32-38-44-50-56-62-74(4)5)72-96-100(88,89)94-68-76(83)69-95-101(90,91)97-73-78(71-92-79(84)64-58-52-46-40-33-28-21-19-17-15-13-11-8-2)99-82(87)67-61-55-49-43-37-36-39-45-51-57-63-75(6)9-3/h74-78,83H,7-73H2,1-6H3,(H,88,89)(H,90,91)/t75?,76-,77-,78-/m1/s1. The lowest BCUT2D eigenvalue weighted by atomic mass is 9.99. The summed E-state index contributed by atoms with van der Waals surface area (Å²) in [6.07, 6.45) is 63.6. The van der Waals surface area contributed by atoms with Crippen LogP contribution in [0.1, 0.15) is 433 Å².